The van der Waals surface area contributed by atoms with Crippen molar-refractivity contribution in [2.24, 2.45) is 11.8 Å². The van der Waals surface area contributed by atoms with Crippen molar-refractivity contribution in [2.75, 3.05) is 6.54 Å². The van der Waals surface area contributed by atoms with E-state index in [1.54, 1.807) is 0 Å². The lowest BCUT2D eigenvalue weighted by Gasteiger charge is -2.44. The first-order valence-electron chi connectivity index (χ1n) is 7.06. The summed E-state index contributed by atoms with van der Waals surface area (Å²) in [5.41, 5.74) is -0.429. The van der Waals surface area contributed by atoms with Gasteiger partial charge < -0.3 is 10.4 Å². The summed E-state index contributed by atoms with van der Waals surface area (Å²) in [5.74, 6) is 1.36. The Balaban J connectivity index is 2.03. The number of aliphatic hydroxyl groups is 1. The minimum Gasteiger partial charge on any atom is -0.388 e. The molecular formula is C14H27NO. The summed E-state index contributed by atoms with van der Waals surface area (Å²) in [6.07, 6.45) is 8.32. The van der Waals surface area contributed by atoms with Gasteiger partial charge in [0.2, 0.25) is 0 Å². The predicted molar refractivity (Wildman–Crippen MR) is 67.4 cm³/mol. The smallest absolute Gasteiger partial charge is 0.0805 e. The third kappa shape index (κ3) is 2.78. The van der Waals surface area contributed by atoms with Crippen LogP contribution in [-0.4, -0.2) is 23.3 Å². The Morgan fingerprint density at radius 2 is 1.75 bits per heavy atom. The molecule has 2 rings (SSSR count). The molecule has 16 heavy (non-hydrogen) atoms. The van der Waals surface area contributed by atoms with Gasteiger partial charge in [0.25, 0.3) is 0 Å². The second kappa shape index (κ2) is 5.05. The third-order valence-corrected chi connectivity index (χ3v) is 4.42. The summed E-state index contributed by atoms with van der Waals surface area (Å²) in [5, 5.41) is 14.5. The molecule has 2 N–H and O–H groups in total. The molecule has 1 aliphatic carbocycles. The van der Waals surface area contributed by atoms with Gasteiger partial charge in [-0.3, -0.25) is 0 Å². The van der Waals surface area contributed by atoms with Crippen molar-refractivity contribution in [2.45, 2.75) is 70.4 Å². The van der Waals surface area contributed by atoms with Gasteiger partial charge in [0.15, 0.2) is 0 Å². The van der Waals surface area contributed by atoms with Gasteiger partial charge in [-0.15, -0.1) is 0 Å². The molecule has 0 radical (unpaired) electrons. The van der Waals surface area contributed by atoms with E-state index in [-0.39, 0.29) is 0 Å². The average Bonchev–Trinajstić information content (AvgIpc) is 2.43. The highest BCUT2D eigenvalue weighted by Gasteiger charge is 2.42. The molecule has 1 aliphatic heterocycles. The van der Waals surface area contributed by atoms with Crippen LogP contribution in [0.25, 0.3) is 0 Å². The molecule has 3 unspecified atom stereocenters. The SMILES string of the molecule is CC1CC(C)CC(O)(C2CCCCCN2)C1. The van der Waals surface area contributed by atoms with E-state index in [1.165, 1.54) is 25.7 Å². The minimum atomic E-state index is -0.429. The van der Waals surface area contributed by atoms with Gasteiger partial charge in [-0.05, 0) is 50.5 Å². The highest BCUT2D eigenvalue weighted by Crippen LogP contribution is 2.39. The zero-order chi connectivity index (χ0) is 11.6. The van der Waals surface area contributed by atoms with Crippen molar-refractivity contribution < 1.29 is 5.11 Å². The van der Waals surface area contributed by atoms with Gasteiger partial charge in [0.05, 0.1) is 5.60 Å². The van der Waals surface area contributed by atoms with Crippen LogP contribution in [0.3, 0.4) is 0 Å². The Morgan fingerprint density at radius 3 is 2.44 bits per heavy atom. The Kier molecular flexibility index (Phi) is 3.91. The molecule has 1 saturated carbocycles. The molecule has 1 saturated heterocycles. The molecule has 0 aromatic rings. The zero-order valence-corrected chi connectivity index (χ0v) is 10.8. The monoisotopic (exact) mass is 225 g/mol. The Morgan fingerprint density at radius 1 is 1.06 bits per heavy atom. The van der Waals surface area contributed by atoms with Crippen molar-refractivity contribution in [3.63, 3.8) is 0 Å². The van der Waals surface area contributed by atoms with E-state index in [1.807, 2.05) is 0 Å². The molecule has 0 aromatic carbocycles. The van der Waals surface area contributed by atoms with Gasteiger partial charge in [0, 0.05) is 6.04 Å². The summed E-state index contributed by atoms with van der Waals surface area (Å²) in [6.45, 7) is 5.67. The lowest BCUT2D eigenvalue weighted by Crippen LogP contribution is -2.54. The van der Waals surface area contributed by atoms with Gasteiger partial charge in [-0.2, -0.15) is 0 Å². The molecule has 94 valence electrons. The summed E-state index contributed by atoms with van der Waals surface area (Å²) >= 11 is 0. The average molecular weight is 225 g/mol. The fraction of sp³-hybridized carbons (Fsp3) is 1.00. The van der Waals surface area contributed by atoms with Crippen molar-refractivity contribution in [1.29, 1.82) is 0 Å². The van der Waals surface area contributed by atoms with Crippen molar-refractivity contribution in [3.05, 3.63) is 0 Å². The van der Waals surface area contributed by atoms with Crippen LogP contribution in [0.5, 0.6) is 0 Å². The van der Waals surface area contributed by atoms with E-state index < -0.39 is 5.60 Å². The van der Waals surface area contributed by atoms with Crippen LogP contribution in [0.4, 0.5) is 0 Å². The van der Waals surface area contributed by atoms with Gasteiger partial charge >= 0.3 is 0 Å². The first-order valence-corrected chi connectivity index (χ1v) is 7.06. The maximum absolute atomic E-state index is 10.9. The predicted octanol–water partition coefficient (Wildman–Crippen LogP) is 2.71. The van der Waals surface area contributed by atoms with E-state index in [9.17, 15) is 5.11 Å². The Labute approximate surface area is 99.8 Å². The van der Waals surface area contributed by atoms with E-state index in [0.717, 1.165) is 25.8 Å². The van der Waals surface area contributed by atoms with Crippen LogP contribution in [0.15, 0.2) is 0 Å². The number of hydrogen-bond donors (Lipinski definition) is 2. The van der Waals surface area contributed by atoms with E-state index in [2.05, 4.69) is 19.2 Å². The zero-order valence-electron chi connectivity index (χ0n) is 10.8. The molecule has 2 heteroatoms. The quantitative estimate of drug-likeness (QED) is 0.719. The van der Waals surface area contributed by atoms with Crippen LogP contribution in [-0.2, 0) is 0 Å². The Bertz CT molecular complexity index is 211. The normalized spacial score (nSPS) is 46.3. The summed E-state index contributed by atoms with van der Waals surface area (Å²) in [4.78, 5) is 0. The van der Waals surface area contributed by atoms with Gasteiger partial charge in [0.1, 0.15) is 0 Å². The van der Waals surface area contributed by atoms with E-state index in [0.29, 0.717) is 17.9 Å². The third-order valence-electron chi connectivity index (χ3n) is 4.42. The minimum absolute atomic E-state index is 0.347. The largest absolute Gasteiger partial charge is 0.388 e. The highest BCUT2D eigenvalue weighted by atomic mass is 16.3. The molecule has 0 aromatic heterocycles. The fourth-order valence-corrected chi connectivity index (χ4v) is 3.92. The van der Waals surface area contributed by atoms with Crippen LogP contribution in [0.1, 0.15) is 58.8 Å². The second-order valence-corrected chi connectivity index (χ2v) is 6.31. The van der Waals surface area contributed by atoms with Crippen LogP contribution in [0, 0.1) is 11.8 Å². The van der Waals surface area contributed by atoms with Crippen molar-refractivity contribution in [1.82, 2.24) is 5.32 Å². The fourth-order valence-electron chi connectivity index (χ4n) is 3.92. The lowest BCUT2D eigenvalue weighted by atomic mass is 9.69. The lowest BCUT2D eigenvalue weighted by molar-refractivity contribution is -0.0612. The molecular weight excluding hydrogens is 198 g/mol. The van der Waals surface area contributed by atoms with Crippen LogP contribution >= 0.6 is 0 Å². The highest BCUT2D eigenvalue weighted by molar-refractivity contribution is 4.97. The molecule has 1 heterocycles. The molecule has 0 spiro atoms. The number of nitrogens with one attached hydrogen (secondary N) is 1. The maximum Gasteiger partial charge on any atom is 0.0805 e. The first-order chi connectivity index (χ1) is 7.60. The van der Waals surface area contributed by atoms with Crippen molar-refractivity contribution >= 4 is 0 Å². The number of rotatable bonds is 1. The first kappa shape index (κ1) is 12.4. The molecule has 2 aliphatic rings. The maximum atomic E-state index is 10.9. The molecule has 2 fully saturated rings. The molecule has 2 nitrogen and oxygen atoms in total. The van der Waals surface area contributed by atoms with Gasteiger partial charge in [-0.1, -0.05) is 26.7 Å². The molecule has 0 bridgehead atoms. The standard InChI is InChI=1S/C14H27NO/c1-11-8-12(2)10-14(16,9-11)13-6-4-3-5-7-15-13/h11-13,15-16H,3-10H2,1-2H3. The van der Waals surface area contributed by atoms with E-state index in [4.69, 9.17) is 0 Å². The topological polar surface area (TPSA) is 32.3 Å². The Hall–Kier alpha value is -0.0800. The molecule has 3 atom stereocenters. The summed E-state index contributed by atoms with van der Waals surface area (Å²) in [7, 11) is 0. The van der Waals surface area contributed by atoms with Crippen LogP contribution in [0.2, 0.25) is 0 Å². The summed E-state index contributed by atoms with van der Waals surface area (Å²) in [6, 6.07) is 0.347. The summed E-state index contributed by atoms with van der Waals surface area (Å²) < 4.78 is 0. The van der Waals surface area contributed by atoms with E-state index >= 15 is 0 Å². The molecule has 0 amide bonds. The number of hydrogen-bond acceptors (Lipinski definition) is 2. The van der Waals surface area contributed by atoms with Crippen LogP contribution < -0.4 is 5.32 Å². The second-order valence-electron chi connectivity index (χ2n) is 6.31. The van der Waals surface area contributed by atoms with Gasteiger partial charge in [-0.25, -0.2) is 0 Å². The van der Waals surface area contributed by atoms with Crippen molar-refractivity contribution in [3.8, 4) is 0 Å².